The zero-order valence-corrected chi connectivity index (χ0v) is 16.3. The van der Waals surface area contributed by atoms with Gasteiger partial charge in [-0.15, -0.1) is 5.10 Å². The van der Waals surface area contributed by atoms with E-state index in [1.165, 1.54) is 23.6 Å². The Bertz CT molecular complexity index is 1160. The summed E-state index contributed by atoms with van der Waals surface area (Å²) < 4.78 is 34.5. The maximum atomic E-state index is 14.1. The predicted octanol–water partition coefficient (Wildman–Crippen LogP) is 4.26. The van der Waals surface area contributed by atoms with Gasteiger partial charge in [0, 0.05) is 18.9 Å². The number of H-pyrrole nitrogens is 1. The van der Waals surface area contributed by atoms with Crippen LogP contribution in [0, 0.1) is 6.92 Å². The molecule has 1 aromatic carbocycles. The summed E-state index contributed by atoms with van der Waals surface area (Å²) in [6.45, 7) is 2.04. The first-order valence-corrected chi connectivity index (χ1v) is 9.91. The quantitative estimate of drug-likeness (QED) is 0.671. The molecular weight excluding hydrogens is 378 g/mol. The maximum Gasteiger partial charge on any atom is 0.265 e. The van der Waals surface area contributed by atoms with Crippen LogP contribution in [-0.4, -0.2) is 26.9 Å². The molecule has 2 saturated carbocycles. The predicted molar refractivity (Wildman–Crippen MR) is 104 cm³/mol. The van der Waals surface area contributed by atoms with Crippen molar-refractivity contribution in [2.45, 2.75) is 57.5 Å². The Morgan fingerprint density at radius 3 is 2.62 bits per heavy atom. The molecule has 2 aliphatic carbocycles. The van der Waals surface area contributed by atoms with Crippen molar-refractivity contribution in [1.29, 1.82) is 0 Å². The van der Waals surface area contributed by atoms with Crippen molar-refractivity contribution in [3.63, 3.8) is 0 Å². The van der Waals surface area contributed by atoms with Gasteiger partial charge in [0.2, 0.25) is 0 Å². The molecule has 2 heterocycles. The molecule has 3 aromatic rings. The Morgan fingerprint density at radius 1 is 1.28 bits per heavy atom. The van der Waals surface area contributed by atoms with E-state index < -0.39 is 6.43 Å². The summed E-state index contributed by atoms with van der Waals surface area (Å²) in [7, 11) is 1.50. The number of hydrogen-bond acceptors (Lipinski definition) is 4. The molecule has 5 rings (SSSR count). The number of rotatable bonds is 6. The van der Waals surface area contributed by atoms with Gasteiger partial charge < -0.3 is 9.72 Å². The van der Waals surface area contributed by atoms with Crippen LogP contribution >= 0.6 is 0 Å². The van der Waals surface area contributed by atoms with E-state index in [1.54, 1.807) is 6.07 Å². The van der Waals surface area contributed by atoms with Gasteiger partial charge in [0.05, 0.1) is 5.69 Å². The fraction of sp³-hybridized carbons (Fsp3) is 0.476. The minimum atomic E-state index is -2.63. The van der Waals surface area contributed by atoms with E-state index >= 15 is 0 Å². The number of benzene rings is 1. The summed E-state index contributed by atoms with van der Waals surface area (Å²) in [5.41, 5.74) is 3.33. The third-order valence-corrected chi connectivity index (χ3v) is 5.84. The summed E-state index contributed by atoms with van der Waals surface area (Å²) in [5.74, 6) is 1.19. The van der Waals surface area contributed by atoms with E-state index in [9.17, 15) is 13.6 Å². The second-order valence-corrected chi connectivity index (χ2v) is 8.05. The Hall–Kier alpha value is -2.61. The van der Waals surface area contributed by atoms with Crippen LogP contribution in [-0.2, 0) is 11.3 Å². The maximum absolute atomic E-state index is 14.1. The van der Waals surface area contributed by atoms with Gasteiger partial charge in [-0.1, -0.05) is 0 Å². The van der Waals surface area contributed by atoms with E-state index in [0.717, 1.165) is 36.8 Å². The number of aromatic amines is 1. The van der Waals surface area contributed by atoms with Crippen molar-refractivity contribution in [3.05, 3.63) is 50.7 Å². The second-order valence-electron chi connectivity index (χ2n) is 8.05. The summed E-state index contributed by atoms with van der Waals surface area (Å²) in [5, 5.41) is 4.67. The van der Waals surface area contributed by atoms with Gasteiger partial charge in [0.1, 0.15) is 17.8 Å². The van der Waals surface area contributed by atoms with Gasteiger partial charge in [-0.25, -0.2) is 18.4 Å². The number of methoxy groups -OCH3 is 1. The Labute approximate surface area is 165 Å². The first kappa shape index (κ1) is 18.4. The standard InChI is InChI=1S/C21H22F2N4O2/c1-10-17(12-5-6-12)13(11-3-4-11)7-14(19(22)23)18(10)27-8-15-20(26-27)24-16(9-29-2)25-21(15)28/h7-8,11-12,19H,3-6,9H2,1-2H3,(H,24,25,26,28). The molecule has 2 aliphatic rings. The lowest BCUT2D eigenvalue weighted by Gasteiger charge is -2.20. The summed E-state index contributed by atoms with van der Waals surface area (Å²) in [6, 6.07) is 1.68. The van der Waals surface area contributed by atoms with E-state index in [-0.39, 0.29) is 28.8 Å². The molecule has 6 nitrogen and oxygen atoms in total. The molecule has 152 valence electrons. The molecule has 0 aliphatic heterocycles. The van der Waals surface area contributed by atoms with Gasteiger partial charge in [0.15, 0.2) is 5.65 Å². The smallest absolute Gasteiger partial charge is 0.265 e. The van der Waals surface area contributed by atoms with Gasteiger partial charge in [0.25, 0.3) is 12.0 Å². The van der Waals surface area contributed by atoms with E-state index in [1.807, 2.05) is 6.92 Å². The first-order valence-electron chi connectivity index (χ1n) is 9.91. The molecule has 29 heavy (non-hydrogen) atoms. The number of alkyl halides is 2. The third-order valence-electron chi connectivity index (χ3n) is 5.84. The molecular formula is C21H22F2N4O2. The molecule has 0 bridgehead atoms. The Kier molecular flexibility index (Phi) is 4.27. The normalized spacial score (nSPS) is 16.9. The van der Waals surface area contributed by atoms with Gasteiger partial charge >= 0.3 is 0 Å². The fourth-order valence-electron chi connectivity index (χ4n) is 4.27. The number of halogens is 2. The van der Waals surface area contributed by atoms with Gasteiger partial charge in [-0.2, -0.15) is 0 Å². The van der Waals surface area contributed by atoms with E-state index in [4.69, 9.17) is 4.74 Å². The topological polar surface area (TPSA) is 72.8 Å². The molecule has 0 amide bonds. The highest BCUT2D eigenvalue weighted by molar-refractivity contribution is 5.74. The number of fused-ring (bicyclic) bond motifs is 1. The zero-order chi connectivity index (χ0) is 20.3. The van der Waals surface area contributed by atoms with Crippen molar-refractivity contribution >= 4 is 11.0 Å². The van der Waals surface area contributed by atoms with Gasteiger partial charge in [-0.3, -0.25) is 4.79 Å². The van der Waals surface area contributed by atoms with Crippen LogP contribution in [0.3, 0.4) is 0 Å². The molecule has 2 fully saturated rings. The van der Waals surface area contributed by atoms with Crippen LogP contribution in [0.15, 0.2) is 17.1 Å². The number of ether oxygens (including phenoxy) is 1. The third kappa shape index (κ3) is 3.15. The highest BCUT2D eigenvalue weighted by Gasteiger charge is 2.36. The fourth-order valence-corrected chi connectivity index (χ4v) is 4.27. The highest BCUT2D eigenvalue weighted by Crippen LogP contribution is 2.52. The molecule has 2 aromatic heterocycles. The highest BCUT2D eigenvalue weighted by atomic mass is 19.3. The van der Waals surface area contributed by atoms with Crippen molar-refractivity contribution in [2.24, 2.45) is 0 Å². The van der Waals surface area contributed by atoms with Crippen molar-refractivity contribution < 1.29 is 13.5 Å². The van der Waals surface area contributed by atoms with Crippen LogP contribution in [0.1, 0.15) is 72.0 Å². The minimum absolute atomic E-state index is 0.0323. The summed E-state index contributed by atoms with van der Waals surface area (Å²) >= 11 is 0. The van der Waals surface area contributed by atoms with Crippen molar-refractivity contribution in [2.75, 3.05) is 7.11 Å². The minimum Gasteiger partial charge on any atom is -0.377 e. The average molecular weight is 400 g/mol. The van der Waals surface area contributed by atoms with Crippen LogP contribution in [0.5, 0.6) is 0 Å². The lowest BCUT2D eigenvalue weighted by molar-refractivity contribution is 0.151. The molecule has 0 atom stereocenters. The SMILES string of the molecule is COCc1nc2nn(-c3c(C(F)F)cc(C4CC4)c(C4CC4)c3C)cc2c(=O)[nH]1. The number of aromatic nitrogens is 4. The van der Waals surface area contributed by atoms with E-state index in [2.05, 4.69) is 15.1 Å². The molecule has 0 spiro atoms. The number of nitrogens with zero attached hydrogens (tertiary/aromatic N) is 3. The first-order chi connectivity index (χ1) is 14.0. The van der Waals surface area contributed by atoms with Crippen LogP contribution in [0.25, 0.3) is 16.7 Å². The van der Waals surface area contributed by atoms with Gasteiger partial charge in [-0.05, 0) is 67.2 Å². The second kappa shape index (κ2) is 6.73. The molecule has 1 N–H and O–H groups in total. The van der Waals surface area contributed by atoms with Crippen molar-refractivity contribution in [3.8, 4) is 5.69 Å². The lowest BCUT2D eigenvalue weighted by Crippen LogP contribution is -2.11. The zero-order valence-electron chi connectivity index (χ0n) is 16.3. The average Bonchev–Trinajstić information content (AvgIpc) is 3.58. The molecule has 0 unspecified atom stereocenters. The van der Waals surface area contributed by atoms with E-state index in [0.29, 0.717) is 23.3 Å². The molecule has 0 saturated heterocycles. The van der Waals surface area contributed by atoms with Crippen LogP contribution in [0.4, 0.5) is 8.78 Å². The number of nitrogens with one attached hydrogen (secondary N) is 1. The monoisotopic (exact) mass is 400 g/mol. The largest absolute Gasteiger partial charge is 0.377 e. The lowest BCUT2D eigenvalue weighted by atomic mass is 9.90. The Morgan fingerprint density at radius 2 is 2.00 bits per heavy atom. The Balaban J connectivity index is 1.73. The molecule has 0 radical (unpaired) electrons. The van der Waals surface area contributed by atoms with Crippen LogP contribution < -0.4 is 5.56 Å². The molecule has 8 heteroatoms. The van der Waals surface area contributed by atoms with Crippen LogP contribution in [0.2, 0.25) is 0 Å². The van der Waals surface area contributed by atoms with Crippen molar-refractivity contribution in [1.82, 2.24) is 19.7 Å². The number of hydrogen-bond donors (Lipinski definition) is 1. The summed E-state index contributed by atoms with van der Waals surface area (Å²) in [6.07, 6.45) is 3.19. The summed E-state index contributed by atoms with van der Waals surface area (Å²) in [4.78, 5) is 19.4.